The summed E-state index contributed by atoms with van der Waals surface area (Å²) in [5.41, 5.74) is 0.962. The van der Waals surface area contributed by atoms with Gasteiger partial charge in [-0.2, -0.15) is 5.10 Å². The van der Waals surface area contributed by atoms with E-state index in [1.54, 1.807) is 7.11 Å². The summed E-state index contributed by atoms with van der Waals surface area (Å²) < 4.78 is 9.28. The fraction of sp³-hybridized carbons (Fsp3) is 0.389. The molecule has 0 fully saturated rings. The molecule has 0 radical (unpaired) electrons. The maximum absolute atomic E-state index is 5.23. The van der Waals surface area contributed by atoms with Crippen LogP contribution in [0, 0.1) is 6.92 Å². The molecule has 6 heteroatoms. The number of nitrogens with zero attached hydrogens (tertiary/aromatic N) is 5. The number of rotatable bonds is 5. The molecule has 2 heterocycles. The first-order valence-corrected chi connectivity index (χ1v) is 8.12. The molecular formula is C18H23N5O. The Morgan fingerprint density at radius 3 is 2.38 bits per heavy atom. The lowest BCUT2D eigenvalue weighted by Crippen LogP contribution is -2.16. The smallest absolute Gasteiger partial charge is 0.155 e. The maximum atomic E-state index is 5.23. The number of ether oxygens (including phenoxy) is 1. The highest BCUT2D eigenvalue weighted by molar-refractivity contribution is 5.37. The second-order valence-corrected chi connectivity index (χ2v) is 6.15. The number of imidazole rings is 1. The SMILES string of the molecule is COc1ccc(-n2nc(C)nc2[C@@H](C)n2ccnc2C(C)C)cc1. The molecule has 6 nitrogen and oxygen atoms in total. The van der Waals surface area contributed by atoms with Crippen molar-refractivity contribution in [3.63, 3.8) is 0 Å². The summed E-state index contributed by atoms with van der Waals surface area (Å²) in [6.07, 6.45) is 3.84. The number of methoxy groups -OCH3 is 1. The molecule has 0 saturated carbocycles. The molecule has 0 saturated heterocycles. The van der Waals surface area contributed by atoms with Crippen molar-refractivity contribution in [2.24, 2.45) is 0 Å². The monoisotopic (exact) mass is 325 g/mol. The van der Waals surface area contributed by atoms with Gasteiger partial charge >= 0.3 is 0 Å². The zero-order valence-electron chi connectivity index (χ0n) is 14.8. The summed E-state index contributed by atoms with van der Waals surface area (Å²) in [6, 6.07) is 7.86. The van der Waals surface area contributed by atoms with Gasteiger partial charge < -0.3 is 9.30 Å². The minimum Gasteiger partial charge on any atom is -0.497 e. The molecular weight excluding hydrogens is 302 g/mol. The van der Waals surface area contributed by atoms with Crippen molar-refractivity contribution in [1.82, 2.24) is 24.3 Å². The minimum absolute atomic E-state index is 0.0354. The number of hydrogen-bond acceptors (Lipinski definition) is 4. The molecule has 1 aromatic carbocycles. The number of aromatic nitrogens is 5. The first-order chi connectivity index (χ1) is 11.5. The summed E-state index contributed by atoms with van der Waals surface area (Å²) in [5, 5.41) is 4.57. The molecule has 0 bridgehead atoms. The van der Waals surface area contributed by atoms with Gasteiger partial charge in [0.05, 0.1) is 18.8 Å². The Bertz CT molecular complexity index is 816. The summed E-state index contributed by atoms with van der Waals surface area (Å²) in [6.45, 7) is 8.32. The molecule has 3 aromatic rings. The Morgan fingerprint density at radius 1 is 1.04 bits per heavy atom. The fourth-order valence-corrected chi connectivity index (χ4v) is 2.84. The molecule has 0 N–H and O–H groups in total. The molecule has 24 heavy (non-hydrogen) atoms. The van der Waals surface area contributed by atoms with Gasteiger partial charge in [0.1, 0.15) is 17.4 Å². The topological polar surface area (TPSA) is 57.8 Å². The zero-order chi connectivity index (χ0) is 17.3. The quantitative estimate of drug-likeness (QED) is 0.720. The van der Waals surface area contributed by atoms with Crippen LogP contribution in [0.25, 0.3) is 5.69 Å². The lowest BCUT2D eigenvalue weighted by atomic mass is 10.2. The van der Waals surface area contributed by atoms with Crippen LogP contribution in [0.2, 0.25) is 0 Å². The molecule has 1 atom stereocenters. The number of hydrogen-bond donors (Lipinski definition) is 0. The Labute approximate surface area is 142 Å². The van der Waals surface area contributed by atoms with E-state index in [0.717, 1.165) is 28.9 Å². The van der Waals surface area contributed by atoms with Gasteiger partial charge in [-0.25, -0.2) is 14.6 Å². The Kier molecular flexibility index (Phi) is 4.38. The normalized spacial score (nSPS) is 12.6. The van der Waals surface area contributed by atoms with Gasteiger partial charge in [0.2, 0.25) is 0 Å². The Balaban J connectivity index is 2.03. The van der Waals surface area contributed by atoms with Gasteiger partial charge in [-0.15, -0.1) is 0 Å². The van der Waals surface area contributed by atoms with Crippen LogP contribution in [0.15, 0.2) is 36.7 Å². The Morgan fingerprint density at radius 2 is 1.75 bits per heavy atom. The van der Waals surface area contributed by atoms with Crippen molar-refractivity contribution in [2.45, 2.75) is 39.7 Å². The van der Waals surface area contributed by atoms with Crippen molar-refractivity contribution in [2.75, 3.05) is 7.11 Å². The molecule has 3 rings (SSSR count). The van der Waals surface area contributed by atoms with Crippen molar-refractivity contribution in [3.8, 4) is 11.4 Å². The standard InChI is InChI=1S/C18H23N5O/c1-12(2)17-19-10-11-22(17)13(3)18-20-14(4)21-23(18)15-6-8-16(24-5)9-7-15/h6-13H,1-5H3/t13-/m1/s1. The number of aryl methyl sites for hydroxylation is 1. The highest BCUT2D eigenvalue weighted by Crippen LogP contribution is 2.24. The van der Waals surface area contributed by atoms with E-state index in [1.807, 2.05) is 48.3 Å². The van der Waals surface area contributed by atoms with E-state index >= 15 is 0 Å². The largest absolute Gasteiger partial charge is 0.497 e. The summed E-state index contributed by atoms with van der Waals surface area (Å²) in [5.74, 6) is 3.85. The van der Waals surface area contributed by atoms with Gasteiger partial charge in [-0.1, -0.05) is 13.8 Å². The van der Waals surface area contributed by atoms with Crippen LogP contribution in [0.5, 0.6) is 5.75 Å². The van der Waals surface area contributed by atoms with Gasteiger partial charge in [-0.3, -0.25) is 0 Å². The first kappa shape index (κ1) is 16.2. The van der Waals surface area contributed by atoms with Crippen LogP contribution in [0.1, 0.15) is 50.2 Å². The molecule has 2 aromatic heterocycles. The minimum atomic E-state index is 0.0354. The second kappa shape index (κ2) is 6.47. The van der Waals surface area contributed by atoms with Crippen molar-refractivity contribution >= 4 is 0 Å². The molecule has 0 unspecified atom stereocenters. The van der Waals surface area contributed by atoms with E-state index in [1.165, 1.54) is 0 Å². The van der Waals surface area contributed by atoms with E-state index in [4.69, 9.17) is 4.74 Å². The van der Waals surface area contributed by atoms with E-state index in [2.05, 4.69) is 40.4 Å². The second-order valence-electron chi connectivity index (χ2n) is 6.15. The average Bonchev–Trinajstić information content (AvgIpc) is 3.21. The Hall–Kier alpha value is -2.63. The molecule has 0 aliphatic heterocycles. The predicted molar refractivity (Wildman–Crippen MR) is 92.8 cm³/mol. The predicted octanol–water partition coefficient (Wildman–Crippen LogP) is 3.51. The molecule has 0 aliphatic carbocycles. The lowest BCUT2D eigenvalue weighted by molar-refractivity contribution is 0.414. The molecule has 126 valence electrons. The van der Waals surface area contributed by atoms with Crippen LogP contribution in [-0.2, 0) is 0 Å². The van der Waals surface area contributed by atoms with Gasteiger partial charge in [-0.05, 0) is 38.1 Å². The van der Waals surface area contributed by atoms with Crippen LogP contribution in [0.4, 0.5) is 0 Å². The average molecular weight is 325 g/mol. The van der Waals surface area contributed by atoms with Crippen molar-refractivity contribution < 1.29 is 4.74 Å². The van der Waals surface area contributed by atoms with E-state index in [-0.39, 0.29) is 6.04 Å². The van der Waals surface area contributed by atoms with Gasteiger partial charge in [0.15, 0.2) is 5.82 Å². The highest BCUT2D eigenvalue weighted by Gasteiger charge is 2.21. The van der Waals surface area contributed by atoms with Crippen LogP contribution < -0.4 is 4.74 Å². The summed E-state index contributed by atoms with van der Waals surface area (Å²) in [7, 11) is 1.66. The van der Waals surface area contributed by atoms with Crippen LogP contribution in [0.3, 0.4) is 0 Å². The lowest BCUT2D eigenvalue weighted by Gasteiger charge is -2.18. The van der Waals surface area contributed by atoms with E-state index in [9.17, 15) is 0 Å². The van der Waals surface area contributed by atoms with Gasteiger partial charge in [0, 0.05) is 18.3 Å². The highest BCUT2D eigenvalue weighted by atomic mass is 16.5. The third kappa shape index (κ3) is 2.91. The number of benzene rings is 1. The molecule has 0 amide bonds. The maximum Gasteiger partial charge on any atom is 0.155 e. The van der Waals surface area contributed by atoms with Crippen molar-refractivity contribution in [1.29, 1.82) is 0 Å². The van der Waals surface area contributed by atoms with Crippen LogP contribution in [-0.4, -0.2) is 31.4 Å². The van der Waals surface area contributed by atoms with Gasteiger partial charge in [0.25, 0.3) is 0 Å². The van der Waals surface area contributed by atoms with E-state index in [0.29, 0.717) is 5.92 Å². The van der Waals surface area contributed by atoms with Crippen molar-refractivity contribution in [3.05, 3.63) is 54.1 Å². The third-order valence-corrected chi connectivity index (χ3v) is 4.06. The summed E-state index contributed by atoms with van der Waals surface area (Å²) in [4.78, 5) is 9.14. The first-order valence-electron chi connectivity index (χ1n) is 8.12. The fourth-order valence-electron chi connectivity index (χ4n) is 2.84. The zero-order valence-corrected chi connectivity index (χ0v) is 14.8. The molecule has 0 spiro atoms. The summed E-state index contributed by atoms with van der Waals surface area (Å²) >= 11 is 0. The molecule has 0 aliphatic rings. The third-order valence-electron chi connectivity index (χ3n) is 4.06. The van der Waals surface area contributed by atoms with Crippen LogP contribution >= 0.6 is 0 Å². The van der Waals surface area contributed by atoms with E-state index < -0.39 is 0 Å².